The third-order valence-corrected chi connectivity index (χ3v) is 4.10. The summed E-state index contributed by atoms with van der Waals surface area (Å²) in [5, 5.41) is 1.06. The Bertz CT molecular complexity index is 704. The number of methoxy groups -OCH3 is 1. The van der Waals surface area contributed by atoms with Crippen LogP contribution in [0.25, 0.3) is 10.9 Å². The quantitative estimate of drug-likeness (QED) is 0.818. The van der Waals surface area contributed by atoms with Crippen molar-refractivity contribution in [2.75, 3.05) is 13.7 Å². The van der Waals surface area contributed by atoms with Crippen molar-refractivity contribution in [3.05, 3.63) is 41.6 Å². The third kappa shape index (κ3) is 2.95. The first-order valence-corrected chi connectivity index (χ1v) is 7.38. The molecule has 1 aromatic carbocycles. The zero-order chi connectivity index (χ0) is 15.7. The number of carbonyl (C=O) groups is 1. The fourth-order valence-electron chi connectivity index (χ4n) is 3.02. The Labute approximate surface area is 128 Å². The minimum atomic E-state index is -0.986. The van der Waals surface area contributed by atoms with Crippen LogP contribution in [0.3, 0.4) is 0 Å². The normalized spacial score (nSPS) is 22.1. The molecule has 0 N–H and O–H groups in total. The minimum Gasteiger partial charge on any atom is -0.468 e. The van der Waals surface area contributed by atoms with E-state index in [2.05, 4.69) is 17.1 Å². The van der Waals surface area contributed by atoms with Crippen LogP contribution < -0.4 is 0 Å². The van der Waals surface area contributed by atoms with Crippen molar-refractivity contribution in [1.29, 1.82) is 0 Å². The number of carbonyl (C=O) groups excluding carboxylic acids is 1. The molecule has 22 heavy (non-hydrogen) atoms. The van der Waals surface area contributed by atoms with Crippen LogP contribution in [0.15, 0.2) is 30.5 Å². The molecule has 2 atom stereocenters. The van der Waals surface area contributed by atoms with Gasteiger partial charge in [-0.15, -0.1) is 0 Å². The second kappa shape index (κ2) is 6.01. The molecule has 5 heteroatoms. The van der Waals surface area contributed by atoms with Crippen LogP contribution in [-0.4, -0.2) is 41.7 Å². The molecule has 116 valence electrons. The van der Waals surface area contributed by atoms with Crippen molar-refractivity contribution >= 4 is 16.9 Å². The van der Waals surface area contributed by atoms with E-state index in [1.807, 2.05) is 24.0 Å². The van der Waals surface area contributed by atoms with E-state index in [1.165, 1.54) is 12.7 Å². The van der Waals surface area contributed by atoms with Gasteiger partial charge in [0.15, 0.2) is 0 Å². The Morgan fingerprint density at radius 1 is 1.45 bits per heavy atom. The van der Waals surface area contributed by atoms with Gasteiger partial charge < -0.3 is 4.74 Å². The first kappa shape index (κ1) is 14.9. The van der Waals surface area contributed by atoms with Gasteiger partial charge in [-0.3, -0.25) is 14.7 Å². The summed E-state index contributed by atoms with van der Waals surface area (Å²) in [5.74, 6) is -0.371. The SMILES string of the molecule is COC(=O)[C@@H]1C[C@H](F)CN1Cc1cnc2ccc(C)cc2c1. The highest BCUT2D eigenvalue weighted by Gasteiger charge is 2.37. The van der Waals surface area contributed by atoms with Gasteiger partial charge in [0.1, 0.15) is 12.2 Å². The second-order valence-corrected chi connectivity index (χ2v) is 5.84. The number of rotatable bonds is 3. The van der Waals surface area contributed by atoms with Crippen LogP contribution in [0.5, 0.6) is 0 Å². The smallest absolute Gasteiger partial charge is 0.323 e. The Morgan fingerprint density at radius 3 is 3.05 bits per heavy atom. The zero-order valence-corrected chi connectivity index (χ0v) is 12.8. The van der Waals surface area contributed by atoms with Gasteiger partial charge in [-0.2, -0.15) is 0 Å². The van der Waals surface area contributed by atoms with E-state index in [1.54, 1.807) is 6.20 Å². The van der Waals surface area contributed by atoms with Crippen LogP contribution in [0.4, 0.5) is 4.39 Å². The van der Waals surface area contributed by atoms with E-state index in [9.17, 15) is 9.18 Å². The number of halogens is 1. The van der Waals surface area contributed by atoms with E-state index < -0.39 is 12.2 Å². The average Bonchev–Trinajstić information content (AvgIpc) is 2.86. The molecule has 1 saturated heterocycles. The molecule has 4 nitrogen and oxygen atoms in total. The van der Waals surface area contributed by atoms with Crippen molar-refractivity contribution in [3.63, 3.8) is 0 Å². The van der Waals surface area contributed by atoms with Gasteiger partial charge in [0.25, 0.3) is 0 Å². The van der Waals surface area contributed by atoms with Crippen LogP contribution in [0.2, 0.25) is 0 Å². The Morgan fingerprint density at radius 2 is 2.27 bits per heavy atom. The van der Waals surface area contributed by atoms with Gasteiger partial charge in [0.2, 0.25) is 0 Å². The van der Waals surface area contributed by atoms with Crippen LogP contribution >= 0.6 is 0 Å². The minimum absolute atomic E-state index is 0.201. The number of alkyl halides is 1. The van der Waals surface area contributed by atoms with Gasteiger partial charge in [0.05, 0.1) is 12.6 Å². The summed E-state index contributed by atoms with van der Waals surface area (Å²) in [7, 11) is 1.34. The number of ether oxygens (including phenoxy) is 1. The Kier molecular flexibility index (Phi) is 4.07. The molecule has 0 bridgehead atoms. The summed E-state index contributed by atoms with van der Waals surface area (Å²) in [6, 6.07) is 7.63. The van der Waals surface area contributed by atoms with Crippen LogP contribution in [0, 0.1) is 6.92 Å². The molecule has 1 aromatic heterocycles. The molecular weight excluding hydrogens is 283 g/mol. The molecular formula is C17H19FN2O2. The van der Waals surface area contributed by atoms with Crippen molar-refractivity contribution in [2.45, 2.75) is 32.1 Å². The fraction of sp³-hybridized carbons (Fsp3) is 0.412. The monoisotopic (exact) mass is 302 g/mol. The van der Waals surface area contributed by atoms with Crippen LogP contribution in [-0.2, 0) is 16.1 Å². The molecule has 0 radical (unpaired) electrons. The number of aryl methyl sites for hydroxylation is 1. The standard InChI is InChI=1S/C17H19FN2O2/c1-11-3-4-15-13(5-11)6-12(8-19-15)9-20-10-14(18)7-16(20)17(21)22-2/h3-6,8,14,16H,7,9-10H2,1-2H3/t14-,16-/m0/s1. The summed E-state index contributed by atoms with van der Waals surface area (Å²) >= 11 is 0. The summed E-state index contributed by atoms with van der Waals surface area (Å²) in [5.41, 5.74) is 3.08. The molecule has 0 amide bonds. The molecule has 0 saturated carbocycles. The largest absolute Gasteiger partial charge is 0.468 e. The maximum absolute atomic E-state index is 13.7. The lowest BCUT2D eigenvalue weighted by molar-refractivity contribution is -0.146. The van der Waals surface area contributed by atoms with E-state index in [0.29, 0.717) is 6.54 Å². The number of likely N-dealkylation sites (tertiary alicyclic amines) is 1. The number of esters is 1. The van der Waals surface area contributed by atoms with Gasteiger partial charge in [-0.25, -0.2) is 4.39 Å². The number of aromatic nitrogens is 1. The highest BCUT2D eigenvalue weighted by atomic mass is 19.1. The lowest BCUT2D eigenvalue weighted by Crippen LogP contribution is -2.36. The number of pyridine rings is 1. The van der Waals surface area contributed by atoms with E-state index >= 15 is 0 Å². The predicted octanol–water partition coefficient (Wildman–Crippen LogP) is 2.63. The summed E-state index contributed by atoms with van der Waals surface area (Å²) in [6.45, 7) is 2.79. The maximum atomic E-state index is 13.7. The highest BCUT2D eigenvalue weighted by molar-refractivity contribution is 5.79. The number of nitrogens with zero attached hydrogens (tertiary/aromatic N) is 2. The first-order valence-electron chi connectivity index (χ1n) is 7.38. The third-order valence-electron chi connectivity index (χ3n) is 4.10. The molecule has 0 aliphatic carbocycles. The molecule has 1 aliphatic heterocycles. The van der Waals surface area contributed by atoms with E-state index in [4.69, 9.17) is 4.74 Å². The number of benzene rings is 1. The molecule has 1 fully saturated rings. The van der Waals surface area contributed by atoms with Gasteiger partial charge in [-0.1, -0.05) is 11.6 Å². The molecule has 2 heterocycles. The van der Waals surface area contributed by atoms with Gasteiger partial charge >= 0.3 is 5.97 Å². The van der Waals surface area contributed by atoms with Gasteiger partial charge in [-0.05, 0) is 30.7 Å². The number of fused-ring (bicyclic) bond motifs is 1. The fourth-order valence-corrected chi connectivity index (χ4v) is 3.02. The topological polar surface area (TPSA) is 42.4 Å². The second-order valence-electron chi connectivity index (χ2n) is 5.84. The van der Waals surface area contributed by atoms with Crippen molar-refractivity contribution in [2.24, 2.45) is 0 Å². The lowest BCUT2D eigenvalue weighted by atomic mass is 10.1. The molecule has 1 aliphatic rings. The summed E-state index contributed by atoms with van der Waals surface area (Å²) in [4.78, 5) is 18.0. The predicted molar refractivity (Wildman–Crippen MR) is 82.2 cm³/mol. The molecule has 3 rings (SSSR count). The number of hydrogen-bond donors (Lipinski definition) is 0. The Hall–Kier alpha value is -2.01. The maximum Gasteiger partial charge on any atom is 0.323 e. The van der Waals surface area contributed by atoms with E-state index in [0.717, 1.165) is 16.5 Å². The Balaban J connectivity index is 1.84. The molecule has 0 spiro atoms. The van der Waals surface area contributed by atoms with Gasteiger partial charge in [0, 0.05) is 31.1 Å². The van der Waals surface area contributed by atoms with E-state index in [-0.39, 0.29) is 18.9 Å². The molecule has 2 aromatic rings. The summed E-state index contributed by atoms with van der Waals surface area (Å²) in [6.07, 6.45) is 1.00. The molecule has 0 unspecified atom stereocenters. The van der Waals surface area contributed by atoms with Crippen molar-refractivity contribution in [3.8, 4) is 0 Å². The average molecular weight is 302 g/mol. The van der Waals surface area contributed by atoms with Crippen molar-refractivity contribution in [1.82, 2.24) is 9.88 Å². The van der Waals surface area contributed by atoms with Crippen molar-refractivity contribution < 1.29 is 13.9 Å². The highest BCUT2D eigenvalue weighted by Crippen LogP contribution is 2.24. The van der Waals surface area contributed by atoms with Crippen LogP contribution in [0.1, 0.15) is 17.5 Å². The summed E-state index contributed by atoms with van der Waals surface area (Å²) < 4.78 is 18.4. The first-order chi connectivity index (χ1) is 10.6. The number of hydrogen-bond acceptors (Lipinski definition) is 4. The zero-order valence-electron chi connectivity index (χ0n) is 12.8. The lowest BCUT2D eigenvalue weighted by Gasteiger charge is -2.21.